The van der Waals surface area contributed by atoms with Gasteiger partial charge >= 0.3 is 0 Å². The number of carbonyl (C=O) groups is 1. The fourth-order valence-electron chi connectivity index (χ4n) is 1.57. The van der Waals surface area contributed by atoms with Gasteiger partial charge in [0.2, 0.25) is 5.91 Å². The molecule has 0 aliphatic heterocycles. The molecule has 2 aromatic rings. The molecule has 6 heteroatoms. The van der Waals surface area contributed by atoms with Gasteiger partial charge in [-0.2, -0.15) is 0 Å². The smallest absolute Gasteiger partial charge is 0.226 e. The van der Waals surface area contributed by atoms with Crippen molar-refractivity contribution >= 4 is 45.6 Å². The van der Waals surface area contributed by atoms with Crippen molar-refractivity contribution in [1.82, 2.24) is 4.98 Å². The number of hydrogen-bond acceptors (Lipinski definition) is 3. The van der Waals surface area contributed by atoms with Crippen LogP contribution in [0.15, 0.2) is 23.6 Å². The number of nitrogens with zero attached hydrogens (tertiary/aromatic N) is 1. The highest BCUT2D eigenvalue weighted by molar-refractivity contribution is 7.13. The minimum absolute atomic E-state index is 0.0691. The van der Waals surface area contributed by atoms with Gasteiger partial charge in [-0.15, -0.1) is 11.3 Å². The molecule has 0 radical (unpaired) electrons. The summed E-state index contributed by atoms with van der Waals surface area (Å²) < 4.78 is 0. The summed E-state index contributed by atoms with van der Waals surface area (Å²) in [6.07, 6.45) is 0.937. The molecular formula is C13H12Cl2N2OS. The van der Waals surface area contributed by atoms with Gasteiger partial charge in [0.25, 0.3) is 0 Å². The second-order valence-corrected chi connectivity index (χ2v) is 5.78. The lowest BCUT2D eigenvalue weighted by atomic mass is 10.1. The van der Waals surface area contributed by atoms with E-state index in [1.165, 1.54) is 11.3 Å². The predicted molar refractivity (Wildman–Crippen MR) is 80.3 cm³/mol. The number of hydrogen-bond donors (Lipinski definition) is 1. The van der Waals surface area contributed by atoms with Crippen LogP contribution in [0.5, 0.6) is 0 Å². The molecule has 3 nitrogen and oxygen atoms in total. The largest absolute Gasteiger partial charge is 0.302 e. The van der Waals surface area contributed by atoms with Crippen LogP contribution in [0.2, 0.25) is 10.0 Å². The van der Waals surface area contributed by atoms with E-state index in [1.807, 2.05) is 18.4 Å². The molecule has 0 atom stereocenters. The van der Waals surface area contributed by atoms with Crippen molar-refractivity contribution in [2.45, 2.75) is 19.8 Å². The van der Waals surface area contributed by atoms with Crippen LogP contribution in [0, 0.1) is 6.92 Å². The number of aryl methyl sites for hydroxylation is 2. The van der Waals surface area contributed by atoms with E-state index in [2.05, 4.69) is 10.3 Å². The Morgan fingerprint density at radius 1 is 1.42 bits per heavy atom. The molecule has 100 valence electrons. The van der Waals surface area contributed by atoms with Crippen LogP contribution >= 0.6 is 34.5 Å². The van der Waals surface area contributed by atoms with Crippen LogP contribution in [0.4, 0.5) is 5.13 Å². The zero-order valence-electron chi connectivity index (χ0n) is 10.2. The molecule has 2 rings (SSSR count). The molecule has 1 aromatic heterocycles. The number of aromatic nitrogens is 1. The molecule has 0 bridgehead atoms. The van der Waals surface area contributed by atoms with Gasteiger partial charge in [0.05, 0.1) is 5.69 Å². The van der Waals surface area contributed by atoms with Crippen LogP contribution in [0.1, 0.15) is 17.7 Å². The van der Waals surface area contributed by atoms with E-state index in [4.69, 9.17) is 23.2 Å². The van der Waals surface area contributed by atoms with Gasteiger partial charge in [0.1, 0.15) is 0 Å². The van der Waals surface area contributed by atoms with Gasteiger partial charge in [-0.1, -0.05) is 29.3 Å². The van der Waals surface area contributed by atoms with Gasteiger partial charge in [-0.05, 0) is 31.0 Å². The van der Waals surface area contributed by atoms with E-state index in [-0.39, 0.29) is 5.91 Å². The summed E-state index contributed by atoms with van der Waals surface area (Å²) in [5.41, 5.74) is 1.82. The monoisotopic (exact) mass is 314 g/mol. The topological polar surface area (TPSA) is 42.0 Å². The maximum atomic E-state index is 11.8. The van der Waals surface area contributed by atoms with Crippen LogP contribution in [-0.4, -0.2) is 10.9 Å². The standard InChI is InChI=1S/C13H12Cl2N2OS/c1-8-7-19-13(16-8)17-12(18)5-3-9-2-4-10(14)6-11(9)15/h2,4,6-7H,3,5H2,1H3,(H,16,17,18). The third-order valence-electron chi connectivity index (χ3n) is 2.50. The van der Waals surface area contributed by atoms with Gasteiger partial charge in [0.15, 0.2) is 5.13 Å². The molecule has 0 fully saturated rings. The molecule has 1 amide bonds. The minimum atomic E-state index is -0.0691. The Bertz CT molecular complexity index is 598. The Hall–Kier alpha value is -1.10. The molecule has 1 aromatic carbocycles. The summed E-state index contributed by atoms with van der Waals surface area (Å²) >= 11 is 13.3. The Morgan fingerprint density at radius 2 is 2.21 bits per heavy atom. The molecule has 0 spiro atoms. The molecule has 0 saturated heterocycles. The molecule has 1 N–H and O–H groups in total. The van der Waals surface area contributed by atoms with E-state index in [9.17, 15) is 4.79 Å². The summed E-state index contributed by atoms with van der Waals surface area (Å²) in [6.45, 7) is 1.89. The number of anilines is 1. The van der Waals surface area contributed by atoms with Gasteiger partial charge in [-0.25, -0.2) is 4.98 Å². The van der Waals surface area contributed by atoms with Crippen molar-refractivity contribution in [1.29, 1.82) is 0 Å². The first-order valence-corrected chi connectivity index (χ1v) is 7.34. The number of carbonyl (C=O) groups excluding carboxylic acids is 1. The number of nitrogens with one attached hydrogen (secondary N) is 1. The molecule has 0 saturated carbocycles. The van der Waals surface area contributed by atoms with Crippen molar-refractivity contribution in [3.8, 4) is 0 Å². The van der Waals surface area contributed by atoms with Crippen molar-refractivity contribution in [3.05, 3.63) is 44.9 Å². The summed E-state index contributed by atoms with van der Waals surface area (Å²) in [6, 6.07) is 5.29. The quantitative estimate of drug-likeness (QED) is 0.912. The lowest BCUT2D eigenvalue weighted by Gasteiger charge is -2.04. The zero-order valence-corrected chi connectivity index (χ0v) is 12.6. The van der Waals surface area contributed by atoms with Gasteiger partial charge in [0, 0.05) is 21.8 Å². The fourth-order valence-corrected chi connectivity index (χ4v) is 2.77. The van der Waals surface area contributed by atoms with Gasteiger partial charge in [-0.3, -0.25) is 4.79 Å². The molecule has 0 unspecified atom stereocenters. The summed E-state index contributed by atoms with van der Waals surface area (Å²) in [7, 11) is 0. The summed E-state index contributed by atoms with van der Waals surface area (Å²) in [5, 5.41) is 6.47. The first-order valence-electron chi connectivity index (χ1n) is 5.70. The summed E-state index contributed by atoms with van der Waals surface area (Å²) in [4.78, 5) is 15.9. The summed E-state index contributed by atoms with van der Waals surface area (Å²) in [5.74, 6) is -0.0691. The van der Waals surface area contributed by atoms with Crippen molar-refractivity contribution in [2.24, 2.45) is 0 Å². The molecule has 19 heavy (non-hydrogen) atoms. The Morgan fingerprint density at radius 3 is 2.84 bits per heavy atom. The number of thiazole rings is 1. The average molecular weight is 315 g/mol. The Kier molecular flexibility index (Phi) is 4.80. The lowest BCUT2D eigenvalue weighted by Crippen LogP contribution is -2.12. The average Bonchev–Trinajstić information content (AvgIpc) is 2.73. The van der Waals surface area contributed by atoms with Crippen LogP contribution in [0.3, 0.4) is 0 Å². The highest BCUT2D eigenvalue weighted by atomic mass is 35.5. The highest BCUT2D eigenvalue weighted by Crippen LogP contribution is 2.22. The van der Waals surface area contributed by atoms with Crippen LogP contribution < -0.4 is 5.32 Å². The van der Waals surface area contributed by atoms with E-state index in [1.54, 1.807) is 12.1 Å². The van der Waals surface area contributed by atoms with E-state index < -0.39 is 0 Å². The van der Waals surface area contributed by atoms with Crippen molar-refractivity contribution in [3.63, 3.8) is 0 Å². The zero-order chi connectivity index (χ0) is 13.8. The normalized spacial score (nSPS) is 10.5. The molecular weight excluding hydrogens is 303 g/mol. The lowest BCUT2D eigenvalue weighted by molar-refractivity contribution is -0.116. The third kappa shape index (κ3) is 4.20. The van der Waals surface area contributed by atoms with Crippen LogP contribution in [-0.2, 0) is 11.2 Å². The maximum absolute atomic E-state index is 11.8. The second kappa shape index (κ2) is 6.37. The highest BCUT2D eigenvalue weighted by Gasteiger charge is 2.08. The number of benzene rings is 1. The fraction of sp³-hybridized carbons (Fsp3) is 0.231. The molecule has 1 heterocycles. The van der Waals surface area contributed by atoms with Crippen molar-refractivity contribution in [2.75, 3.05) is 5.32 Å². The number of rotatable bonds is 4. The van der Waals surface area contributed by atoms with E-state index in [0.717, 1.165) is 11.3 Å². The van der Waals surface area contributed by atoms with E-state index >= 15 is 0 Å². The molecule has 0 aliphatic rings. The number of halogens is 2. The first-order chi connectivity index (χ1) is 9.04. The first kappa shape index (κ1) is 14.3. The minimum Gasteiger partial charge on any atom is -0.302 e. The maximum Gasteiger partial charge on any atom is 0.226 e. The van der Waals surface area contributed by atoms with E-state index in [0.29, 0.717) is 28.0 Å². The predicted octanol–water partition coefficient (Wildman–Crippen LogP) is 4.33. The second-order valence-electron chi connectivity index (χ2n) is 4.08. The molecule has 0 aliphatic carbocycles. The van der Waals surface area contributed by atoms with Crippen LogP contribution in [0.25, 0.3) is 0 Å². The SMILES string of the molecule is Cc1csc(NC(=O)CCc2ccc(Cl)cc2Cl)n1. The van der Waals surface area contributed by atoms with Crippen molar-refractivity contribution < 1.29 is 4.79 Å². The Balaban J connectivity index is 1.89. The number of amides is 1. The Labute approximate surface area is 125 Å². The van der Waals surface area contributed by atoms with Gasteiger partial charge < -0.3 is 5.32 Å². The third-order valence-corrected chi connectivity index (χ3v) is 3.96.